The van der Waals surface area contributed by atoms with Crippen LogP contribution in [0.1, 0.15) is 10.4 Å². The third-order valence-electron chi connectivity index (χ3n) is 1.73. The first-order valence-electron chi connectivity index (χ1n) is 3.59. The second kappa shape index (κ2) is 3.01. The van der Waals surface area contributed by atoms with Gasteiger partial charge in [-0.05, 0) is 35.2 Å². The van der Waals surface area contributed by atoms with Gasteiger partial charge in [-0.15, -0.1) is 0 Å². The number of thiophene rings is 1. The second-order valence-electron chi connectivity index (χ2n) is 2.61. The van der Waals surface area contributed by atoms with Crippen LogP contribution in [0, 0.1) is 0 Å². The molecule has 0 aliphatic rings. The summed E-state index contributed by atoms with van der Waals surface area (Å²) in [7, 11) is 0. The topological polar surface area (TPSA) is 37.3 Å². The third-order valence-corrected chi connectivity index (χ3v) is 2.85. The Balaban J connectivity index is 2.67. The standard InChI is InChI=1S/C9H5ClO2S/c10-9(12)6-2-1-5-4-8(11)13-7(5)3-6/h1-4,11H. The monoisotopic (exact) mass is 212 g/mol. The summed E-state index contributed by atoms with van der Waals surface area (Å²) in [5, 5.41) is 9.87. The molecule has 0 aliphatic carbocycles. The van der Waals surface area contributed by atoms with Crippen molar-refractivity contribution < 1.29 is 9.90 Å². The van der Waals surface area contributed by atoms with Crippen LogP contribution in [-0.4, -0.2) is 10.3 Å². The van der Waals surface area contributed by atoms with E-state index in [0.717, 1.165) is 10.1 Å². The summed E-state index contributed by atoms with van der Waals surface area (Å²) in [4.78, 5) is 10.8. The van der Waals surface area contributed by atoms with E-state index in [9.17, 15) is 9.90 Å². The Morgan fingerprint density at radius 3 is 2.85 bits per heavy atom. The maximum absolute atomic E-state index is 10.8. The van der Waals surface area contributed by atoms with Crippen LogP contribution in [0.2, 0.25) is 0 Å². The number of carbonyl (C=O) groups excluding carboxylic acids is 1. The largest absolute Gasteiger partial charge is 0.499 e. The van der Waals surface area contributed by atoms with Gasteiger partial charge in [-0.2, -0.15) is 0 Å². The van der Waals surface area contributed by atoms with Gasteiger partial charge in [-0.25, -0.2) is 0 Å². The van der Waals surface area contributed by atoms with Crippen molar-refractivity contribution in [2.24, 2.45) is 0 Å². The highest BCUT2D eigenvalue weighted by atomic mass is 35.5. The molecule has 1 N–H and O–H groups in total. The Labute approximate surface area is 83.4 Å². The Morgan fingerprint density at radius 2 is 2.15 bits per heavy atom. The lowest BCUT2D eigenvalue weighted by Gasteiger charge is -1.92. The molecule has 4 heteroatoms. The zero-order valence-electron chi connectivity index (χ0n) is 6.45. The Hall–Kier alpha value is -1.06. The number of hydrogen-bond donors (Lipinski definition) is 1. The fraction of sp³-hybridized carbons (Fsp3) is 0. The van der Waals surface area contributed by atoms with Crippen molar-refractivity contribution in [3.63, 3.8) is 0 Å². The summed E-state index contributed by atoms with van der Waals surface area (Å²) < 4.78 is 0.865. The summed E-state index contributed by atoms with van der Waals surface area (Å²) in [5.41, 5.74) is 0.455. The fourth-order valence-electron chi connectivity index (χ4n) is 1.14. The van der Waals surface area contributed by atoms with Crippen LogP contribution in [-0.2, 0) is 0 Å². The summed E-state index contributed by atoms with van der Waals surface area (Å²) in [5.74, 6) is 0. The van der Waals surface area contributed by atoms with Gasteiger partial charge in [0.25, 0.3) is 5.24 Å². The first-order chi connectivity index (χ1) is 6.16. The molecule has 0 saturated heterocycles. The molecule has 0 unspecified atom stereocenters. The van der Waals surface area contributed by atoms with Gasteiger partial charge in [-0.3, -0.25) is 4.79 Å². The average Bonchev–Trinajstić information content (AvgIpc) is 2.42. The minimum absolute atomic E-state index is 0.245. The highest BCUT2D eigenvalue weighted by Gasteiger charge is 2.05. The number of rotatable bonds is 1. The Kier molecular flexibility index (Phi) is 1.98. The first kappa shape index (κ1) is 8.53. The molecule has 2 rings (SSSR count). The smallest absolute Gasteiger partial charge is 0.252 e. The quantitative estimate of drug-likeness (QED) is 0.738. The van der Waals surface area contributed by atoms with E-state index in [-0.39, 0.29) is 5.06 Å². The van der Waals surface area contributed by atoms with Gasteiger partial charge < -0.3 is 5.11 Å². The second-order valence-corrected chi connectivity index (χ2v) is 4.02. The molecule has 0 spiro atoms. The number of hydrogen-bond acceptors (Lipinski definition) is 3. The third kappa shape index (κ3) is 1.53. The molecule has 0 bridgehead atoms. The number of carbonyl (C=O) groups is 1. The highest BCUT2D eigenvalue weighted by molar-refractivity contribution is 7.20. The molecule has 1 aromatic carbocycles. The van der Waals surface area contributed by atoms with E-state index in [1.165, 1.54) is 11.3 Å². The minimum atomic E-state index is -0.477. The van der Waals surface area contributed by atoms with Crippen molar-refractivity contribution in [3.8, 4) is 5.06 Å². The van der Waals surface area contributed by atoms with E-state index < -0.39 is 5.24 Å². The summed E-state index contributed by atoms with van der Waals surface area (Å²) >= 11 is 6.54. The maximum atomic E-state index is 10.8. The molecule has 0 radical (unpaired) electrons. The number of aromatic hydroxyl groups is 1. The van der Waals surface area contributed by atoms with Crippen LogP contribution < -0.4 is 0 Å². The van der Waals surface area contributed by atoms with Gasteiger partial charge in [0.2, 0.25) is 0 Å². The van der Waals surface area contributed by atoms with Gasteiger partial charge in [0, 0.05) is 10.3 Å². The number of halogens is 1. The molecule has 0 atom stereocenters. The molecule has 0 fully saturated rings. The zero-order valence-corrected chi connectivity index (χ0v) is 8.02. The van der Waals surface area contributed by atoms with E-state index in [1.807, 2.05) is 0 Å². The molecule has 2 aromatic rings. The van der Waals surface area contributed by atoms with Gasteiger partial charge >= 0.3 is 0 Å². The first-order valence-corrected chi connectivity index (χ1v) is 4.78. The molecule has 66 valence electrons. The van der Waals surface area contributed by atoms with Gasteiger partial charge in [-0.1, -0.05) is 17.4 Å². The number of benzene rings is 1. The fourth-order valence-corrected chi connectivity index (χ4v) is 2.10. The van der Waals surface area contributed by atoms with E-state index >= 15 is 0 Å². The van der Waals surface area contributed by atoms with Crippen LogP contribution in [0.15, 0.2) is 24.3 Å². The van der Waals surface area contributed by atoms with Crippen LogP contribution in [0.4, 0.5) is 0 Å². The average molecular weight is 213 g/mol. The Bertz CT molecular complexity index is 475. The molecule has 1 aromatic heterocycles. The Morgan fingerprint density at radius 1 is 1.38 bits per heavy atom. The van der Waals surface area contributed by atoms with Crippen molar-refractivity contribution >= 4 is 38.3 Å². The van der Waals surface area contributed by atoms with Gasteiger partial charge in [0.1, 0.15) is 0 Å². The SMILES string of the molecule is O=C(Cl)c1ccc2cc(O)sc2c1. The lowest BCUT2D eigenvalue weighted by molar-refractivity contribution is 0.108. The van der Waals surface area contributed by atoms with Crippen LogP contribution in [0.3, 0.4) is 0 Å². The minimum Gasteiger partial charge on any atom is -0.499 e. The predicted octanol–water partition coefficient (Wildman–Crippen LogP) is 2.99. The lowest BCUT2D eigenvalue weighted by atomic mass is 10.2. The van der Waals surface area contributed by atoms with Crippen molar-refractivity contribution in [2.75, 3.05) is 0 Å². The molecule has 0 saturated carbocycles. The summed E-state index contributed by atoms with van der Waals surface area (Å²) in [6.07, 6.45) is 0. The molecular formula is C9H5ClO2S. The normalized spacial score (nSPS) is 10.5. The van der Waals surface area contributed by atoms with Crippen LogP contribution in [0.25, 0.3) is 10.1 Å². The molecule has 0 aliphatic heterocycles. The molecule has 2 nitrogen and oxygen atoms in total. The zero-order chi connectivity index (χ0) is 9.42. The van der Waals surface area contributed by atoms with Crippen LogP contribution in [0.5, 0.6) is 5.06 Å². The van der Waals surface area contributed by atoms with Crippen molar-refractivity contribution in [3.05, 3.63) is 29.8 Å². The molecule has 1 heterocycles. The van der Waals surface area contributed by atoms with E-state index in [4.69, 9.17) is 11.6 Å². The lowest BCUT2D eigenvalue weighted by Crippen LogP contribution is -1.85. The van der Waals surface area contributed by atoms with Crippen molar-refractivity contribution in [1.82, 2.24) is 0 Å². The highest BCUT2D eigenvalue weighted by Crippen LogP contribution is 2.31. The molecule has 0 amide bonds. The van der Waals surface area contributed by atoms with E-state index in [0.29, 0.717) is 5.56 Å². The van der Waals surface area contributed by atoms with Gasteiger partial charge in [0.05, 0.1) is 0 Å². The molecular weight excluding hydrogens is 208 g/mol. The van der Waals surface area contributed by atoms with Crippen molar-refractivity contribution in [1.29, 1.82) is 0 Å². The van der Waals surface area contributed by atoms with E-state index in [2.05, 4.69) is 0 Å². The van der Waals surface area contributed by atoms with Gasteiger partial charge in [0.15, 0.2) is 5.06 Å². The van der Waals surface area contributed by atoms with E-state index in [1.54, 1.807) is 24.3 Å². The number of fused-ring (bicyclic) bond motifs is 1. The summed E-state index contributed by atoms with van der Waals surface area (Å²) in [6.45, 7) is 0. The summed E-state index contributed by atoms with van der Waals surface area (Å²) in [6, 6.07) is 6.74. The molecule has 13 heavy (non-hydrogen) atoms. The maximum Gasteiger partial charge on any atom is 0.252 e. The van der Waals surface area contributed by atoms with Crippen molar-refractivity contribution in [2.45, 2.75) is 0 Å². The predicted molar refractivity (Wildman–Crippen MR) is 53.7 cm³/mol. The van der Waals surface area contributed by atoms with Crippen LogP contribution >= 0.6 is 22.9 Å².